The van der Waals surface area contributed by atoms with Gasteiger partial charge in [0.05, 0.1) is 17.6 Å². The van der Waals surface area contributed by atoms with Gasteiger partial charge in [0.1, 0.15) is 6.54 Å². The minimum atomic E-state index is -0.0423. The van der Waals surface area contributed by atoms with Crippen molar-refractivity contribution < 1.29 is 9.53 Å². The smallest absolute Gasteiger partial charge is 0.240 e. The van der Waals surface area contributed by atoms with Gasteiger partial charge in [0.25, 0.3) is 0 Å². The maximum absolute atomic E-state index is 12.4. The summed E-state index contributed by atoms with van der Waals surface area (Å²) in [5, 5.41) is 3.81. The maximum atomic E-state index is 12.4. The van der Waals surface area contributed by atoms with Crippen molar-refractivity contribution in [1.82, 2.24) is 14.9 Å². The molecule has 0 spiro atoms. The van der Waals surface area contributed by atoms with E-state index in [1.165, 1.54) is 5.56 Å². The van der Waals surface area contributed by atoms with Gasteiger partial charge >= 0.3 is 0 Å². The predicted molar refractivity (Wildman–Crippen MR) is 105 cm³/mol. The second-order valence-electron chi connectivity index (χ2n) is 6.17. The molecule has 2 aromatic carbocycles. The molecule has 26 heavy (non-hydrogen) atoms. The summed E-state index contributed by atoms with van der Waals surface area (Å²) in [4.78, 5) is 17.2. The zero-order chi connectivity index (χ0) is 18.4. The molecule has 1 amide bonds. The average molecular weight is 369 g/mol. The molecule has 0 saturated heterocycles. The minimum Gasteiger partial charge on any atom is -0.383 e. The molecule has 0 aliphatic heterocycles. The van der Waals surface area contributed by atoms with E-state index in [1.54, 1.807) is 18.9 Å². The predicted octanol–water partition coefficient (Wildman–Crippen LogP) is 3.48. The van der Waals surface area contributed by atoms with Gasteiger partial charge in [-0.1, -0.05) is 54.2 Å². The van der Waals surface area contributed by atoms with Crippen molar-refractivity contribution in [1.29, 1.82) is 0 Å². The van der Waals surface area contributed by atoms with Gasteiger partial charge in [0, 0.05) is 18.9 Å². The van der Waals surface area contributed by atoms with Gasteiger partial charge in [-0.05, 0) is 24.6 Å². The molecule has 136 valence electrons. The molecule has 0 aliphatic rings. The lowest BCUT2D eigenvalue weighted by Crippen LogP contribution is -2.37. The van der Waals surface area contributed by atoms with Crippen LogP contribution in [0.4, 0.5) is 0 Å². The van der Waals surface area contributed by atoms with E-state index in [4.69, 9.17) is 9.72 Å². The molecule has 1 heterocycles. The monoisotopic (exact) mass is 369 g/mol. The Morgan fingerprint density at radius 1 is 1.19 bits per heavy atom. The summed E-state index contributed by atoms with van der Waals surface area (Å²) in [7, 11) is 1.63. The molecule has 0 unspecified atom stereocenters. The second-order valence-corrected chi connectivity index (χ2v) is 7.11. The van der Waals surface area contributed by atoms with E-state index in [-0.39, 0.29) is 18.5 Å². The number of hydrogen-bond donors (Lipinski definition) is 1. The first-order chi connectivity index (χ1) is 12.7. The summed E-state index contributed by atoms with van der Waals surface area (Å²) < 4.78 is 7.07. The number of nitrogens with one attached hydrogen (secondary N) is 1. The first-order valence-electron chi connectivity index (χ1n) is 8.57. The highest BCUT2D eigenvalue weighted by Gasteiger charge is 2.15. The van der Waals surface area contributed by atoms with Gasteiger partial charge in [0.2, 0.25) is 5.91 Å². The van der Waals surface area contributed by atoms with Crippen LogP contribution in [0.1, 0.15) is 12.5 Å². The van der Waals surface area contributed by atoms with Crippen LogP contribution >= 0.6 is 11.8 Å². The number of para-hydroxylation sites is 2. The summed E-state index contributed by atoms with van der Waals surface area (Å²) in [6.45, 7) is 2.66. The molecule has 0 radical (unpaired) electrons. The van der Waals surface area contributed by atoms with Gasteiger partial charge in [-0.2, -0.15) is 0 Å². The van der Waals surface area contributed by atoms with Crippen LogP contribution in [0.15, 0.2) is 59.8 Å². The molecule has 1 atom stereocenters. The van der Waals surface area contributed by atoms with E-state index in [2.05, 4.69) is 17.4 Å². The molecule has 0 bridgehead atoms. The first-order valence-corrected chi connectivity index (χ1v) is 9.56. The highest BCUT2D eigenvalue weighted by Crippen LogP contribution is 2.26. The van der Waals surface area contributed by atoms with Crippen LogP contribution in [0.25, 0.3) is 11.0 Å². The number of ether oxygens (including phenoxy) is 1. The van der Waals surface area contributed by atoms with E-state index >= 15 is 0 Å². The van der Waals surface area contributed by atoms with Crippen LogP contribution in [0.2, 0.25) is 0 Å². The van der Waals surface area contributed by atoms with E-state index in [0.717, 1.165) is 21.9 Å². The third kappa shape index (κ3) is 4.65. The lowest BCUT2D eigenvalue weighted by Gasteiger charge is -2.14. The number of nitrogens with zero attached hydrogens (tertiary/aromatic N) is 2. The number of aromatic nitrogens is 2. The summed E-state index contributed by atoms with van der Waals surface area (Å²) in [5.41, 5.74) is 3.10. The summed E-state index contributed by atoms with van der Waals surface area (Å²) in [5.74, 6) is 0.769. The van der Waals surface area contributed by atoms with Gasteiger partial charge in [-0.15, -0.1) is 0 Å². The quantitative estimate of drug-likeness (QED) is 0.618. The molecule has 3 rings (SSSR count). The number of carbonyl (C=O) groups excluding carboxylic acids is 1. The molecule has 5 nitrogen and oxygen atoms in total. The van der Waals surface area contributed by atoms with Crippen LogP contribution in [-0.4, -0.2) is 35.2 Å². The fraction of sp³-hybridized carbons (Fsp3) is 0.300. The van der Waals surface area contributed by atoms with Gasteiger partial charge in [-0.25, -0.2) is 4.98 Å². The topological polar surface area (TPSA) is 56.1 Å². The van der Waals surface area contributed by atoms with Crippen LogP contribution in [0.5, 0.6) is 0 Å². The highest BCUT2D eigenvalue weighted by atomic mass is 32.2. The number of benzene rings is 2. The summed E-state index contributed by atoms with van der Waals surface area (Å²) >= 11 is 1.64. The Morgan fingerprint density at radius 2 is 1.92 bits per heavy atom. The standard InChI is InChI=1S/C20H23N3O2S/c1-15(13-25-2)21-19(24)12-23-18-11-7-6-10-17(18)22-20(23)26-14-16-8-4-3-5-9-16/h3-11,15H,12-14H2,1-2H3,(H,21,24)/t15-/m0/s1. The lowest BCUT2D eigenvalue weighted by molar-refractivity contribution is -0.122. The van der Waals surface area contributed by atoms with Crippen molar-refractivity contribution in [3.63, 3.8) is 0 Å². The minimum absolute atomic E-state index is 0.0253. The number of amides is 1. The molecule has 0 saturated carbocycles. The fourth-order valence-electron chi connectivity index (χ4n) is 2.79. The fourth-order valence-corrected chi connectivity index (χ4v) is 3.76. The Bertz CT molecular complexity index is 864. The number of thioether (sulfide) groups is 1. The zero-order valence-corrected chi connectivity index (χ0v) is 15.8. The number of imidazole rings is 1. The highest BCUT2D eigenvalue weighted by molar-refractivity contribution is 7.98. The Kier molecular flexibility index (Phi) is 6.30. The SMILES string of the molecule is COC[C@H](C)NC(=O)Cn1c(SCc2ccccc2)nc2ccccc21. The lowest BCUT2D eigenvalue weighted by atomic mass is 10.2. The Hall–Kier alpha value is -2.31. The number of rotatable bonds is 8. The molecular weight excluding hydrogens is 346 g/mol. The summed E-state index contributed by atoms with van der Waals surface area (Å²) in [6, 6.07) is 18.1. The summed E-state index contributed by atoms with van der Waals surface area (Å²) in [6.07, 6.45) is 0. The molecule has 1 aromatic heterocycles. The second kappa shape index (κ2) is 8.87. The van der Waals surface area contributed by atoms with Crippen molar-refractivity contribution in [2.75, 3.05) is 13.7 Å². The molecule has 6 heteroatoms. The largest absolute Gasteiger partial charge is 0.383 e. The van der Waals surface area contributed by atoms with Crippen molar-refractivity contribution >= 4 is 28.7 Å². The van der Waals surface area contributed by atoms with Gasteiger partial charge in [-0.3, -0.25) is 4.79 Å². The Balaban J connectivity index is 1.79. The molecule has 0 aliphatic carbocycles. The zero-order valence-electron chi connectivity index (χ0n) is 15.0. The normalized spacial score (nSPS) is 12.2. The third-order valence-electron chi connectivity index (χ3n) is 3.96. The number of fused-ring (bicyclic) bond motifs is 1. The van der Waals surface area contributed by atoms with Gasteiger partial charge < -0.3 is 14.6 Å². The Labute approximate surface area is 157 Å². The Morgan fingerprint density at radius 3 is 2.69 bits per heavy atom. The maximum Gasteiger partial charge on any atom is 0.240 e. The van der Waals surface area contributed by atoms with Crippen molar-refractivity contribution in [2.24, 2.45) is 0 Å². The van der Waals surface area contributed by atoms with Crippen molar-refractivity contribution in [2.45, 2.75) is 30.4 Å². The molecule has 1 N–H and O–H groups in total. The molecular formula is C20H23N3O2S. The van der Waals surface area contributed by atoms with Gasteiger partial charge in [0.15, 0.2) is 5.16 Å². The van der Waals surface area contributed by atoms with E-state index in [0.29, 0.717) is 6.61 Å². The van der Waals surface area contributed by atoms with E-state index < -0.39 is 0 Å². The van der Waals surface area contributed by atoms with Crippen molar-refractivity contribution in [3.8, 4) is 0 Å². The molecule has 3 aromatic rings. The first kappa shape index (κ1) is 18.5. The van der Waals surface area contributed by atoms with Crippen LogP contribution in [-0.2, 0) is 21.8 Å². The number of carbonyl (C=O) groups is 1. The average Bonchev–Trinajstić information content (AvgIpc) is 2.98. The van der Waals surface area contributed by atoms with E-state index in [1.807, 2.05) is 54.0 Å². The van der Waals surface area contributed by atoms with Crippen LogP contribution in [0, 0.1) is 0 Å². The van der Waals surface area contributed by atoms with E-state index in [9.17, 15) is 4.79 Å². The number of methoxy groups -OCH3 is 1. The molecule has 0 fully saturated rings. The van der Waals surface area contributed by atoms with Crippen molar-refractivity contribution in [3.05, 3.63) is 60.2 Å². The van der Waals surface area contributed by atoms with Crippen LogP contribution < -0.4 is 5.32 Å². The third-order valence-corrected chi connectivity index (χ3v) is 5.00. The number of hydrogen-bond acceptors (Lipinski definition) is 4. The van der Waals surface area contributed by atoms with Crippen LogP contribution in [0.3, 0.4) is 0 Å².